The van der Waals surface area contributed by atoms with Crippen LogP contribution in [0.1, 0.15) is 43.2 Å². The van der Waals surface area contributed by atoms with Crippen LogP contribution in [0.3, 0.4) is 0 Å². The van der Waals surface area contributed by atoms with Crippen molar-refractivity contribution in [3.8, 4) is 11.1 Å². The Kier molecular flexibility index (Phi) is 7.70. The highest BCUT2D eigenvalue weighted by Gasteiger charge is 2.40. The number of amides is 2. The smallest absolute Gasteiger partial charge is 0.407 e. The molecular formula is C27H32N2O6. The summed E-state index contributed by atoms with van der Waals surface area (Å²) in [7, 11) is 0. The first-order chi connectivity index (χ1) is 16.9. The van der Waals surface area contributed by atoms with Crippen molar-refractivity contribution in [1.29, 1.82) is 0 Å². The Labute approximate surface area is 205 Å². The number of nitrogens with one attached hydrogen (secondary N) is 2. The predicted octanol–water partition coefficient (Wildman–Crippen LogP) is 3.55. The fourth-order valence-corrected chi connectivity index (χ4v) is 4.86. The molecule has 2 aromatic rings. The van der Waals surface area contributed by atoms with Gasteiger partial charge in [0.1, 0.15) is 6.61 Å². The number of fused-ring (bicyclic) bond motifs is 3. The largest absolute Gasteiger partial charge is 0.481 e. The lowest BCUT2D eigenvalue weighted by Gasteiger charge is -2.33. The van der Waals surface area contributed by atoms with Crippen LogP contribution in [0, 0.1) is 11.3 Å². The quantitative estimate of drug-likeness (QED) is 0.506. The van der Waals surface area contributed by atoms with Crippen molar-refractivity contribution in [2.75, 3.05) is 32.9 Å². The molecule has 1 aliphatic carbocycles. The molecule has 8 nitrogen and oxygen atoms in total. The Hall–Kier alpha value is -3.39. The highest BCUT2D eigenvalue weighted by atomic mass is 16.5. The Bertz CT molecular complexity index is 1030. The Morgan fingerprint density at radius 1 is 1.03 bits per heavy atom. The molecule has 0 bridgehead atoms. The van der Waals surface area contributed by atoms with E-state index in [1.807, 2.05) is 31.2 Å². The summed E-state index contributed by atoms with van der Waals surface area (Å²) in [4.78, 5) is 36.4. The summed E-state index contributed by atoms with van der Waals surface area (Å²) in [5.74, 6) is -1.29. The second kappa shape index (κ2) is 10.9. The zero-order chi connectivity index (χ0) is 24.8. The molecule has 35 heavy (non-hydrogen) atoms. The van der Waals surface area contributed by atoms with E-state index in [-0.39, 0.29) is 43.9 Å². The molecule has 4 rings (SSSR count). The van der Waals surface area contributed by atoms with Gasteiger partial charge >= 0.3 is 12.1 Å². The van der Waals surface area contributed by atoms with Crippen LogP contribution in [0.15, 0.2) is 48.5 Å². The molecule has 1 fully saturated rings. The molecule has 0 saturated carbocycles. The van der Waals surface area contributed by atoms with Crippen molar-refractivity contribution in [2.45, 2.75) is 32.1 Å². The van der Waals surface area contributed by atoms with E-state index >= 15 is 0 Å². The van der Waals surface area contributed by atoms with Crippen LogP contribution in [-0.4, -0.2) is 56.0 Å². The third-order valence-corrected chi connectivity index (χ3v) is 7.00. The Morgan fingerprint density at radius 2 is 1.63 bits per heavy atom. The van der Waals surface area contributed by atoms with E-state index in [9.17, 15) is 19.5 Å². The van der Waals surface area contributed by atoms with Crippen molar-refractivity contribution < 1.29 is 29.0 Å². The second-order valence-electron chi connectivity index (χ2n) is 9.49. The fraction of sp³-hybridized carbons (Fsp3) is 0.444. The first-order valence-corrected chi connectivity index (χ1v) is 12.1. The molecular weight excluding hydrogens is 448 g/mol. The summed E-state index contributed by atoms with van der Waals surface area (Å²) >= 11 is 0. The minimum Gasteiger partial charge on any atom is -0.481 e. The van der Waals surface area contributed by atoms with Gasteiger partial charge in [-0.25, -0.2) is 4.79 Å². The van der Waals surface area contributed by atoms with E-state index in [4.69, 9.17) is 9.47 Å². The van der Waals surface area contributed by atoms with Gasteiger partial charge < -0.3 is 25.2 Å². The molecule has 8 heteroatoms. The summed E-state index contributed by atoms with van der Waals surface area (Å²) < 4.78 is 10.8. The third-order valence-electron chi connectivity index (χ3n) is 7.00. The van der Waals surface area contributed by atoms with Gasteiger partial charge in [0.2, 0.25) is 5.91 Å². The lowest BCUT2D eigenvalue weighted by molar-refractivity contribution is -0.154. The van der Waals surface area contributed by atoms with Gasteiger partial charge in [-0.15, -0.1) is 0 Å². The number of carboxylic acid groups (broad SMARTS) is 1. The summed E-state index contributed by atoms with van der Waals surface area (Å²) in [5, 5.41) is 15.1. The maximum atomic E-state index is 12.4. The maximum Gasteiger partial charge on any atom is 0.407 e. The van der Waals surface area contributed by atoms with Crippen LogP contribution in [-0.2, 0) is 19.1 Å². The number of alkyl carbamates (subject to hydrolysis) is 1. The molecule has 3 N–H and O–H groups in total. The molecule has 2 amide bonds. The van der Waals surface area contributed by atoms with Gasteiger partial charge in [0.05, 0.1) is 5.41 Å². The number of hydrogen-bond donors (Lipinski definition) is 3. The molecule has 1 heterocycles. The minimum atomic E-state index is -0.976. The monoisotopic (exact) mass is 480 g/mol. The molecule has 1 unspecified atom stereocenters. The van der Waals surface area contributed by atoms with Gasteiger partial charge in [0, 0.05) is 38.6 Å². The van der Waals surface area contributed by atoms with Gasteiger partial charge in [0.15, 0.2) is 0 Å². The van der Waals surface area contributed by atoms with E-state index < -0.39 is 17.5 Å². The summed E-state index contributed by atoms with van der Waals surface area (Å²) in [6, 6.07) is 16.3. The number of carbonyl (C=O) groups excluding carboxylic acids is 2. The molecule has 1 aliphatic heterocycles. The maximum absolute atomic E-state index is 12.4. The molecule has 0 aromatic heterocycles. The normalized spacial score (nSPS) is 17.1. The molecule has 1 saturated heterocycles. The topological polar surface area (TPSA) is 114 Å². The molecule has 1 atom stereocenters. The second-order valence-corrected chi connectivity index (χ2v) is 9.49. The number of carboxylic acids is 1. The SMILES string of the molecule is CC(CNC(=O)OCC1c2ccccc2-c2ccccc21)CC(=O)NCC1(C(=O)O)CCOCC1. The summed E-state index contributed by atoms with van der Waals surface area (Å²) in [5.41, 5.74) is 3.66. The van der Waals surface area contributed by atoms with Gasteiger partial charge in [-0.3, -0.25) is 9.59 Å². The lowest BCUT2D eigenvalue weighted by Crippen LogP contribution is -2.46. The van der Waals surface area contributed by atoms with Crippen molar-refractivity contribution in [2.24, 2.45) is 11.3 Å². The number of aliphatic carboxylic acids is 1. The Balaban J connectivity index is 1.21. The zero-order valence-corrected chi connectivity index (χ0v) is 19.9. The van der Waals surface area contributed by atoms with Crippen molar-refractivity contribution >= 4 is 18.0 Å². The van der Waals surface area contributed by atoms with Crippen LogP contribution < -0.4 is 10.6 Å². The number of carbonyl (C=O) groups is 3. The van der Waals surface area contributed by atoms with Gasteiger partial charge in [-0.2, -0.15) is 0 Å². The first kappa shape index (κ1) is 24.7. The van der Waals surface area contributed by atoms with Crippen LogP contribution in [0.25, 0.3) is 11.1 Å². The predicted molar refractivity (Wildman–Crippen MR) is 130 cm³/mol. The van der Waals surface area contributed by atoms with E-state index in [2.05, 4.69) is 34.9 Å². The van der Waals surface area contributed by atoms with Crippen LogP contribution in [0.4, 0.5) is 4.79 Å². The molecule has 2 aliphatic rings. The van der Waals surface area contributed by atoms with Gasteiger partial charge in [-0.1, -0.05) is 55.5 Å². The first-order valence-electron chi connectivity index (χ1n) is 12.1. The minimum absolute atomic E-state index is 0.0110. The average Bonchev–Trinajstić information content (AvgIpc) is 3.19. The van der Waals surface area contributed by atoms with Crippen LogP contribution >= 0.6 is 0 Å². The number of benzene rings is 2. The third kappa shape index (κ3) is 5.65. The standard InChI is InChI=1S/C27H32N2O6/c1-18(14-24(30)29-17-27(25(31)32)10-12-34-13-11-27)15-28-26(33)35-16-23-21-8-4-2-6-19(21)20-7-3-5-9-22(20)23/h2-9,18,23H,10-17H2,1H3,(H,28,33)(H,29,30)(H,31,32). The highest BCUT2D eigenvalue weighted by Crippen LogP contribution is 2.44. The average molecular weight is 481 g/mol. The molecule has 0 spiro atoms. The number of hydrogen-bond acceptors (Lipinski definition) is 5. The molecule has 0 radical (unpaired) electrons. The van der Waals surface area contributed by atoms with E-state index in [0.29, 0.717) is 26.1 Å². The van der Waals surface area contributed by atoms with Crippen molar-refractivity contribution in [1.82, 2.24) is 10.6 Å². The van der Waals surface area contributed by atoms with Crippen molar-refractivity contribution in [3.63, 3.8) is 0 Å². The van der Waals surface area contributed by atoms with E-state index in [1.165, 1.54) is 11.1 Å². The number of ether oxygens (including phenoxy) is 2. The van der Waals surface area contributed by atoms with E-state index in [1.54, 1.807) is 0 Å². The van der Waals surface area contributed by atoms with Crippen LogP contribution in [0.2, 0.25) is 0 Å². The highest BCUT2D eigenvalue weighted by molar-refractivity contribution is 5.80. The zero-order valence-electron chi connectivity index (χ0n) is 19.9. The van der Waals surface area contributed by atoms with Crippen molar-refractivity contribution in [3.05, 3.63) is 59.7 Å². The summed E-state index contributed by atoms with van der Waals surface area (Å²) in [6.45, 7) is 3.20. The number of rotatable bonds is 9. The Morgan fingerprint density at radius 3 is 2.23 bits per heavy atom. The fourth-order valence-electron chi connectivity index (χ4n) is 4.86. The summed E-state index contributed by atoms with van der Waals surface area (Å²) in [6.07, 6.45) is 0.407. The molecule has 2 aromatic carbocycles. The van der Waals surface area contributed by atoms with Crippen LogP contribution in [0.5, 0.6) is 0 Å². The molecule has 186 valence electrons. The van der Waals surface area contributed by atoms with E-state index in [0.717, 1.165) is 11.1 Å². The van der Waals surface area contributed by atoms with Gasteiger partial charge in [0.25, 0.3) is 0 Å². The van der Waals surface area contributed by atoms with Gasteiger partial charge in [-0.05, 0) is 41.0 Å². The lowest BCUT2D eigenvalue weighted by atomic mass is 9.80.